The number of rotatable bonds is 8. The molecule has 0 bridgehead atoms. The summed E-state index contributed by atoms with van der Waals surface area (Å²) in [4.78, 5) is 5.53. The van der Waals surface area contributed by atoms with Crippen LogP contribution in [-0.4, -0.2) is 39.0 Å². The van der Waals surface area contributed by atoms with Gasteiger partial charge in [0.25, 0.3) is 0 Å². The number of hydrogen-bond acceptors (Lipinski definition) is 4. The standard InChI is InChI=1S/C19H25N3O2S/c1-4-24-18-14-15(10-11-17(18)23-3)22-19(20-2)21-12-13-25-16-8-6-5-7-9-16/h5-11,14H,4,12-13H2,1-3H3,(H2,20,21,22). The second kappa shape index (κ2) is 10.5. The third kappa shape index (κ3) is 6.23. The molecule has 0 aliphatic carbocycles. The number of thioether (sulfide) groups is 1. The molecule has 0 amide bonds. The molecule has 2 aromatic rings. The van der Waals surface area contributed by atoms with Crippen LogP contribution >= 0.6 is 11.8 Å². The summed E-state index contributed by atoms with van der Waals surface area (Å²) in [5.74, 6) is 3.11. The lowest BCUT2D eigenvalue weighted by atomic mass is 10.2. The molecule has 2 aromatic carbocycles. The van der Waals surface area contributed by atoms with Gasteiger partial charge in [-0.2, -0.15) is 0 Å². The molecule has 0 aliphatic heterocycles. The van der Waals surface area contributed by atoms with Crippen molar-refractivity contribution >= 4 is 23.4 Å². The molecule has 2 rings (SSSR count). The Morgan fingerprint density at radius 3 is 2.60 bits per heavy atom. The van der Waals surface area contributed by atoms with Gasteiger partial charge in [-0.1, -0.05) is 18.2 Å². The molecule has 5 nitrogen and oxygen atoms in total. The maximum atomic E-state index is 5.60. The predicted molar refractivity (Wildman–Crippen MR) is 106 cm³/mol. The minimum Gasteiger partial charge on any atom is -0.493 e. The van der Waals surface area contributed by atoms with Crippen molar-refractivity contribution in [3.8, 4) is 11.5 Å². The van der Waals surface area contributed by atoms with E-state index in [-0.39, 0.29) is 0 Å². The van der Waals surface area contributed by atoms with Crippen molar-refractivity contribution in [3.63, 3.8) is 0 Å². The van der Waals surface area contributed by atoms with E-state index in [4.69, 9.17) is 9.47 Å². The van der Waals surface area contributed by atoms with E-state index < -0.39 is 0 Å². The fourth-order valence-electron chi connectivity index (χ4n) is 2.19. The van der Waals surface area contributed by atoms with Crippen LogP contribution in [0.15, 0.2) is 58.4 Å². The number of benzene rings is 2. The zero-order valence-electron chi connectivity index (χ0n) is 14.9. The third-order valence-corrected chi connectivity index (χ3v) is 4.37. The summed E-state index contributed by atoms with van der Waals surface area (Å²) < 4.78 is 10.9. The summed E-state index contributed by atoms with van der Waals surface area (Å²) in [7, 11) is 3.39. The maximum Gasteiger partial charge on any atom is 0.195 e. The zero-order valence-corrected chi connectivity index (χ0v) is 15.7. The van der Waals surface area contributed by atoms with Crippen LogP contribution in [0.2, 0.25) is 0 Å². The number of nitrogens with one attached hydrogen (secondary N) is 2. The number of nitrogens with zero attached hydrogens (tertiary/aromatic N) is 1. The molecule has 0 unspecified atom stereocenters. The molecule has 0 fully saturated rings. The number of guanidine groups is 1. The van der Waals surface area contributed by atoms with Gasteiger partial charge in [-0.15, -0.1) is 11.8 Å². The van der Waals surface area contributed by atoms with Gasteiger partial charge in [-0.05, 0) is 31.2 Å². The van der Waals surface area contributed by atoms with Gasteiger partial charge in [-0.25, -0.2) is 0 Å². The Morgan fingerprint density at radius 2 is 1.92 bits per heavy atom. The Hall–Kier alpha value is -2.34. The van der Waals surface area contributed by atoms with Crippen LogP contribution in [0.3, 0.4) is 0 Å². The SMILES string of the molecule is CCOc1cc(NC(=NC)NCCSc2ccccc2)ccc1OC. The Balaban J connectivity index is 1.86. The first-order valence-electron chi connectivity index (χ1n) is 8.23. The van der Waals surface area contributed by atoms with E-state index in [0.29, 0.717) is 12.4 Å². The second-order valence-electron chi connectivity index (χ2n) is 5.08. The molecule has 134 valence electrons. The smallest absolute Gasteiger partial charge is 0.195 e. The van der Waals surface area contributed by atoms with Crippen LogP contribution in [0.5, 0.6) is 11.5 Å². The fourth-order valence-corrected chi connectivity index (χ4v) is 2.98. The van der Waals surface area contributed by atoms with Crippen molar-refractivity contribution in [2.24, 2.45) is 4.99 Å². The molecule has 25 heavy (non-hydrogen) atoms. The summed E-state index contributed by atoms with van der Waals surface area (Å²) in [5.41, 5.74) is 0.896. The Kier molecular flexibility index (Phi) is 7.98. The number of hydrogen-bond donors (Lipinski definition) is 2. The van der Waals surface area contributed by atoms with Crippen LogP contribution in [-0.2, 0) is 0 Å². The Morgan fingerprint density at radius 1 is 1.12 bits per heavy atom. The molecule has 0 aliphatic rings. The lowest BCUT2D eigenvalue weighted by molar-refractivity contribution is 0.311. The van der Waals surface area contributed by atoms with Crippen molar-refractivity contribution < 1.29 is 9.47 Å². The Labute approximate surface area is 153 Å². The molecule has 0 radical (unpaired) electrons. The van der Waals surface area contributed by atoms with Gasteiger partial charge < -0.3 is 20.1 Å². The molecule has 0 saturated heterocycles. The topological polar surface area (TPSA) is 54.9 Å². The monoisotopic (exact) mass is 359 g/mol. The average Bonchev–Trinajstić information content (AvgIpc) is 2.65. The van der Waals surface area contributed by atoms with E-state index in [2.05, 4.69) is 39.9 Å². The predicted octanol–water partition coefficient (Wildman–Crippen LogP) is 3.87. The maximum absolute atomic E-state index is 5.60. The summed E-state index contributed by atoms with van der Waals surface area (Å²) in [6.07, 6.45) is 0. The molecular weight excluding hydrogens is 334 g/mol. The molecule has 6 heteroatoms. The number of aliphatic imine (C=N–C) groups is 1. The normalized spacial score (nSPS) is 11.1. The van der Waals surface area contributed by atoms with Crippen molar-refractivity contribution in [2.75, 3.05) is 38.4 Å². The highest BCUT2D eigenvalue weighted by Gasteiger charge is 2.06. The van der Waals surface area contributed by atoms with E-state index in [1.54, 1.807) is 14.2 Å². The van der Waals surface area contributed by atoms with Crippen molar-refractivity contribution in [1.29, 1.82) is 0 Å². The third-order valence-electron chi connectivity index (χ3n) is 3.36. The highest BCUT2D eigenvalue weighted by molar-refractivity contribution is 7.99. The number of methoxy groups -OCH3 is 1. The van der Waals surface area contributed by atoms with Crippen LogP contribution in [0.1, 0.15) is 6.92 Å². The van der Waals surface area contributed by atoms with Gasteiger partial charge in [0.05, 0.1) is 13.7 Å². The van der Waals surface area contributed by atoms with Gasteiger partial charge in [-0.3, -0.25) is 4.99 Å². The van der Waals surface area contributed by atoms with Crippen molar-refractivity contribution in [3.05, 3.63) is 48.5 Å². The Bertz CT molecular complexity index is 678. The fraction of sp³-hybridized carbons (Fsp3) is 0.316. The van der Waals surface area contributed by atoms with E-state index in [1.807, 2.05) is 43.0 Å². The summed E-state index contributed by atoms with van der Waals surface area (Å²) >= 11 is 1.81. The summed E-state index contributed by atoms with van der Waals surface area (Å²) in [6, 6.07) is 16.1. The molecule has 2 N–H and O–H groups in total. The largest absolute Gasteiger partial charge is 0.493 e. The van der Waals surface area contributed by atoms with Crippen LogP contribution < -0.4 is 20.1 Å². The molecular formula is C19H25N3O2S. The van der Waals surface area contributed by atoms with Gasteiger partial charge in [0.1, 0.15) is 0 Å². The van der Waals surface area contributed by atoms with Gasteiger partial charge >= 0.3 is 0 Å². The van der Waals surface area contributed by atoms with Gasteiger partial charge in [0.15, 0.2) is 17.5 Å². The van der Waals surface area contributed by atoms with Gasteiger partial charge in [0.2, 0.25) is 0 Å². The lowest BCUT2D eigenvalue weighted by Crippen LogP contribution is -2.32. The minimum atomic E-state index is 0.587. The number of anilines is 1. The van der Waals surface area contributed by atoms with Crippen LogP contribution in [0.25, 0.3) is 0 Å². The van der Waals surface area contributed by atoms with E-state index in [0.717, 1.165) is 29.7 Å². The second-order valence-corrected chi connectivity index (χ2v) is 6.25. The van der Waals surface area contributed by atoms with Crippen molar-refractivity contribution in [2.45, 2.75) is 11.8 Å². The van der Waals surface area contributed by atoms with E-state index in [1.165, 1.54) is 4.90 Å². The molecule has 0 spiro atoms. The van der Waals surface area contributed by atoms with Crippen LogP contribution in [0.4, 0.5) is 5.69 Å². The first-order valence-corrected chi connectivity index (χ1v) is 9.21. The number of ether oxygens (including phenoxy) is 2. The summed E-state index contributed by atoms with van der Waals surface area (Å²) in [6.45, 7) is 3.35. The van der Waals surface area contributed by atoms with Gasteiger partial charge in [0, 0.05) is 36.0 Å². The van der Waals surface area contributed by atoms with E-state index >= 15 is 0 Å². The van der Waals surface area contributed by atoms with E-state index in [9.17, 15) is 0 Å². The molecule has 0 aromatic heterocycles. The molecule has 0 saturated carbocycles. The summed E-state index contributed by atoms with van der Waals surface area (Å²) in [5, 5.41) is 6.59. The highest BCUT2D eigenvalue weighted by Crippen LogP contribution is 2.30. The quantitative estimate of drug-likeness (QED) is 0.324. The lowest BCUT2D eigenvalue weighted by Gasteiger charge is -2.14. The first-order chi connectivity index (χ1) is 12.3. The minimum absolute atomic E-state index is 0.587. The average molecular weight is 359 g/mol. The highest BCUT2D eigenvalue weighted by atomic mass is 32.2. The molecule has 0 heterocycles. The van der Waals surface area contributed by atoms with Crippen molar-refractivity contribution in [1.82, 2.24) is 5.32 Å². The first kappa shape index (κ1) is 19.0. The molecule has 0 atom stereocenters. The zero-order chi connectivity index (χ0) is 17.9. The van der Waals surface area contributed by atoms with Crippen LogP contribution in [0, 0.1) is 0 Å².